The summed E-state index contributed by atoms with van der Waals surface area (Å²) in [5.41, 5.74) is 0. The smallest absolute Gasteiger partial charge is 0.00695 e. The van der Waals surface area contributed by atoms with Crippen LogP contribution in [0.4, 0.5) is 0 Å². The molecule has 0 aliphatic heterocycles. The van der Waals surface area contributed by atoms with Crippen LogP contribution < -0.4 is 0 Å². The van der Waals surface area contributed by atoms with Crippen molar-refractivity contribution in [3.8, 4) is 0 Å². The highest BCUT2D eigenvalue weighted by Crippen LogP contribution is 2.13. The third kappa shape index (κ3) is 4.83. The highest BCUT2D eigenvalue weighted by atomic mass is 32.1. The number of thiol groups is 1. The molecule has 1 heteroatoms. The summed E-state index contributed by atoms with van der Waals surface area (Å²) in [5, 5.41) is 0. The van der Waals surface area contributed by atoms with Gasteiger partial charge in [0.05, 0.1) is 0 Å². The van der Waals surface area contributed by atoms with Crippen LogP contribution in [-0.4, -0.2) is 5.75 Å². The molecule has 0 unspecified atom stereocenters. The monoisotopic (exact) mass is 146 g/mol. The van der Waals surface area contributed by atoms with Gasteiger partial charge in [-0.15, -0.1) is 0 Å². The average Bonchev–Trinajstić information content (AvgIpc) is 1.88. The standard InChI is InChI=1S/C8H18S/c1-3-5-8(7-9)6-4-2/h8-9H,3-7H2,1-2H3. The van der Waals surface area contributed by atoms with Gasteiger partial charge >= 0.3 is 0 Å². The van der Waals surface area contributed by atoms with Crippen molar-refractivity contribution in [3.63, 3.8) is 0 Å². The van der Waals surface area contributed by atoms with Crippen molar-refractivity contribution in [1.82, 2.24) is 0 Å². The van der Waals surface area contributed by atoms with Gasteiger partial charge in [-0.05, 0) is 24.5 Å². The molecule has 0 saturated heterocycles. The molecular weight excluding hydrogens is 128 g/mol. The second kappa shape index (κ2) is 6.47. The van der Waals surface area contributed by atoms with Crippen LogP contribution in [0, 0.1) is 5.92 Å². The largest absolute Gasteiger partial charge is 0.179 e. The lowest BCUT2D eigenvalue weighted by Crippen LogP contribution is -2.00. The third-order valence-corrected chi connectivity index (χ3v) is 2.17. The summed E-state index contributed by atoms with van der Waals surface area (Å²) in [4.78, 5) is 0. The quantitative estimate of drug-likeness (QED) is 0.566. The summed E-state index contributed by atoms with van der Waals surface area (Å²) in [7, 11) is 0. The lowest BCUT2D eigenvalue weighted by atomic mass is 10.0. The first-order valence-electron chi connectivity index (χ1n) is 3.96. The number of hydrogen-bond donors (Lipinski definition) is 1. The summed E-state index contributed by atoms with van der Waals surface area (Å²) < 4.78 is 0. The molecule has 0 aromatic carbocycles. The minimum absolute atomic E-state index is 0.878. The molecule has 0 aromatic rings. The first-order valence-corrected chi connectivity index (χ1v) is 4.59. The van der Waals surface area contributed by atoms with E-state index in [9.17, 15) is 0 Å². The van der Waals surface area contributed by atoms with E-state index in [1.54, 1.807) is 0 Å². The number of rotatable bonds is 5. The molecule has 0 aliphatic rings. The summed E-state index contributed by atoms with van der Waals surface area (Å²) in [6.07, 6.45) is 5.34. The highest BCUT2D eigenvalue weighted by molar-refractivity contribution is 7.80. The maximum atomic E-state index is 4.28. The SMILES string of the molecule is CCCC(CS)CCC. The maximum absolute atomic E-state index is 4.28. The van der Waals surface area contributed by atoms with Gasteiger partial charge in [-0.1, -0.05) is 26.7 Å². The van der Waals surface area contributed by atoms with Gasteiger partial charge in [0.25, 0.3) is 0 Å². The molecule has 0 bridgehead atoms. The second-order valence-electron chi connectivity index (χ2n) is 2.63. The Labute approximate surface area is 64.4 Å². The van der Waals surface area contributed by atoms with Gasteiger partial charge in [0.2, 0.25) is 0 Å². The van der Waals surface area contributed by atoms with Crippen LogP contribution >= 0.6 is 12.6 Å². The topological polar surface area (TPSA) is 0 Å². The fourth-order valence-corrected chi connectivity index (χ4v) is 1.51. The molecule has 0 heterocycles. The second-order valence-corrected chi connectivity index (χ2v) is 2.99. The zero-order valence-corrected chi connectivity index (χ0v) is 7.45. The fourth-order valence-electron chi connectivity index (χ4n) is 1.14. The van der Waals surface area contributed by atoms with Crippen LogP contribution in [0.2, 0.25) is 0 Å². The molecule has 0 amide bonds. The van der Waals surface area contributed by atoms with Crippen molar-refractivity contribution in [2.24, 2.45) is 5.92 Å². The molecule has 0 atom stereocenters. The summed E-state index contributed by atoms with van der Waals surface area (Å²) in [6, 6.07) is 0. The van der Waals surface area contributed by atoms with Crippen molar-refractivity contribution >= 4 is 12.6 Å². The Balaban J connectivity index is 3.18. The molecule has 0 fully saturated rings. The van der Waals surface area contributed by atoms with E-state index in [0.29, 0.717) is 0 Å². The Morgan fingerprint density at radius 2 is 1.56 bits per heavy atom. The van der Waals surface area contributed by atoms with E-state index in [4.69, 9.17) is 0 Å². The predicted octanol–water partition coefficient (Wildman–Crippen LogP) is 3.13. The van der Waals surface area contributed by atoms with Gasteiger partial charge in [-0.3, -0.25) is 0 Å². The first kappa shape index (κ1) is 9.35. The highest BCUT2D eigenvalue weighted by Gasteiger charge is 2.01. The zero-order valence-electron chi connectivity index (χ0n) is 6.56. The van der Waals surface area contributed by atoms with Gasteiger partial charge in [-0.25, -0.2) is 0 Å². The Kier molecular flexibility index (Phi) is 6.72. The van der Waals surface area contributed by atoms with Crippen molar-refractivity contribution in [1.29, 1.82) is 0 Å². The number of hydrogen-bond acceptors (Lipinski definition) is 1. The maximum Gasteiger partial charge on any atom is -0.00695 e. The van der Waals surface area contributed by atoms with Crippen LogP contribution in [-0.2, 0) is 0 Å². The zero-order chi connectivity index (χ0) is 7.11. The van der Waals surface area contributed by atoms with Gasteiger partial charge in [-0.2, -0.15) is 12.6 Å². The van der Waals surface area contributed by atoms with E-state index in [2.05, 4.69) is 26.5 Å². The lowest BCUT2D eigenvalue weighted by Gasteiger charge is -2.10. The Morgan fingerprint density at radius 3 is 1.78 bits per heavy atom. The Hall–Kier alpha value is 0.350. The lowest BCUT2D eigenvalue weighted by molar-refractivity contribution is 0.489. The molecule has 0 saturated carbocycles. The van der Waals surface area contributed by atoms with Gasteiger partial charge < -0.3 is 0 Å². The molecule has 0 spiro atoms. The van der Waals surface area contributed by atoms with Crippen LogP contribution in [0.1, 0.15) is 39.5 Å². The van der Waals surface area contributed by atoms with E-state index in [1.165, 1.54) is 25.7 Å². The van der Waals surface area contributed by atoms with E-state index in [0.717, 1.165) is 11.7 Å². The third-order valence-electron chi connectivity index (χ3n) is 1.65. The summed E-state index contributed by atoms with van der Waals surface area (Å²) >= 11 is 4.28. The van der Waals surface area contributed by atoms with Crippen molar-refractivity contribution < 1.29 is 0 Å². The molecule has 0 aliphatic carbocycles. The van der Waals surface area contributed by atoms with Gasteiger partial charge in [0.15, 0.2) is 0 Å². The van der Waals surface area contributed by atoms with Crippen molar-refractivity contribution in [2.75, 3.05) is 5.75 Å². The minimum atomic E-state index is 0.878. The van der Waals surface area contributed by atoms with E-state index >= 15 is 0 Å². The van der Waals surface area contributed by atoms with E-state index < -0.39 is 0 Å². The van der Waals surface area contributed by atoms with Gasteiger partial charge in [0.1, 0.15) is 0 Å². The molecule has 56 valence electrons. The van der Waals surface area contributed by atoms with Crippen LogP contribution in [0.25, 0.3) is 0 Å². The van der Waals surface area contributed by atoms with Gasteiger partial charge in [0, 0.05) is 0 Å². The van der Waals surface area contributed by atoms with Crippen LogP contribution in [0.5, 0.6) is 0 Å². The molecule has 9 heavy (non-hydrogen) atoms. The molecule has 0 N–H and O–H groups in total. The average molecular weight is 146 g/mol. The summed E-state index contributed by atoms with van der Waals surface area (Å²) in [5.74, 6) is 1.95. The fraction of sp³-hybridized carbons (Fsp3) is 1.00. The van der Waals surface area contributed by atoms with Crippen molar-refractivity contribution in [2.45, 2.75) is 39.5 Å². The predicted molar refractivity (Wildman–Crippen MR) is 47.2 cm³/mol. The van der Waals surface area contributed by atoms with Crippen LogP contribution in [0.3, 0.4) is 0 Å². The van der Waals surface area contributed by atoms with Crippen molar-refractivity contribution in [3.05, 3.63) is 0 Å². The molecule has 0 rings (SSSR count). The molecule has 0 nitrogen and oxygen atoms in total. The Morgan fingerprint density at radius 1 is 1.11 bits per heavy atom. The molecular formula is C8H18S. The summed E-state index contributed by atoms with van der Waals surface area (Å²) in [6.45, 7) is 4.48. The minimum Gasteiger partial charge on any atom is -0.179 e. The normalized spacial score (nSPS) is 10.7. The van der Waals surface area contributed by atoms with E-state index in [1.807, 2.05) is 0 Å². The first-order chi connectivity index (χ1) is 4.35. The molecule has 0 radical (unpaired) electrons. The van der Waals surface area contributed by atoms with Crippen LogP contribution in [0.15, 0.2) is 0 Å². The van der Waals surface area contributed by atoms with E-state index in [-0.39, 0.29) is 0 Å². The molecule has 0 aromatic heterocycles. The Bertz CT molecular complexity index is 46.5.